The van der Waals surface area contributed by atoms with Crippen LogP contribution in [-0.4, -0.2) is 16.6 Å². The summed E-state index contributed by atoms with van der Waals surface area (Å²) >= 11 is 7.61. The summed E-state index contributed by atoms with van der Waals surface area (Å²) in [4.78, 5) is 6.58. The van der Waals surface area contributed by atoms with Gasteiger partial charge >= 0.3 is 0 Å². The maximum absolute atomic E-state index is 11.7. The molecule has 0 amide bonds. The number of halogens is 1. The van der Waals surface area contributed by atoms with Crippen molar-refractivity contribution < 1.29 is 5.11 Å². The maximum atomic E-state index is 11.7. The zero-order chi connectivity index (χ0) is 18.4. The number of para-hydroxylation sites is 1. The Morgan fingerprint density at radius 2 is 1.89 bits per heavy atom. The van der Waals surface area contributed by atoms with E-state index in [-0.39, 0.29) is 0 Å². The number of thiazole rings is 1. The van der Waals surface area contributed by atoms with Crippen LogP contribution in [0.25, 0.3) is 10.2 Å². The smallest absolute Gasteiger partial charge is 0.134 e. The van der Waals surface area contributed by atoms with Crippen LogP contribution >= 0.6 is 22.9 Å². The van der Waals surface area contributed by atoms with Crippen molar-refractivity contribution in [3.05, 3.63) is 94.0 Å². The van der Waals surface area contributed by atoms with E-state index in [0.717, 1.165) is 44.2 Å². The Morgan fingerprint density at radius 1 is 1.07 bits per heavy atom. The first-order valence-corrected chi connectivity index (χ1v) is 10.0. The zero-order valence-corrected chi connectivity index (χ0v) is 16.0. The van der Waals surface area contributed by atoms with Crippen molar-refractivity contribution in [3.63, 3.8) is 0 Å². The molecular formula is C22H17ClN2OS. The summed E-state index contributed by atoms with van der Waals surface area (Å²) in [6.45, 7) is 1.23. The van der Waals surface area contributed by atoms with Crippen LogP contribution in [0.5, 0.6) is 0 Å². The molecule has 0 aliphatic carbocycles. The van der Waals surface area contributed by atoms with Crippen molar-refractivity contribution in [1.82, 2.24) is 4.98 Å². The third kappa shape index (κ3) is 2.81. The number of hydrogen-bond acceptors (Lipinski definition) is 4. The van der Waals surface area contributed by atoms with Crippen molar-refractivity contribution in [2.75, 3.05) is 11.4 Å². The summed E-state index contributed by atoms with van der Waals surface area (Å²) in [5.74, 6) is 0. The van der Waals surface area contributed by atoms with Crippen LogP contribution in [0.2, 0.25) is 5.02 Å². The third-order valence-corrected chi connectivity index (χ3v) is 6.25. The average Bonchev–Trinajstić information content (AvgIpc) is 3.27. The lowest BCUT2D eigenvalue weighted by atomic mass is 9.88. The van der Waals surface area contributed by atoms with Crippen molar-refractivity contribution in [3.8, 4) is 0 Å². The molecule has 1 aromatic heterocycles. The molecule has 1 N–H and O–H groups in total. The van der Waals surface area contributed by atoms with Crippen LogP contribution in [-0.2, 0) is 12.1 Å². The molecule has 2 heterocycles. The summed E-state index contributed by atoms with van der Waals surface area (Å²) in [5, 5.41) is 12.5. The fourth-order valence-electron chi connectivity index (χ4n) is 3.86. The number of β-amino-alcohol motifs (C(OH)–C–C–N with tert-alkyl or cyclic N) is 1. The van der Waals surface area contributed by atoms with Gasteiger partial charge < -0.3 is 10.0 Å². The molecule has 0 bridgehead atoms. The number of fused-ring (bicyclic) bond motifs is 2. The highest BCUT2D eigenvalue weighted by Crippen LogP contribution is 2.44. The summed E-state index contributed by atoms with van der Waals surface area (Å²) in [5.41, 5.74) is 5.86. The van der Waals surface area contributed by atoms with Crippen LogP contribution in [0.4, 0.5) is 5.69 Å². The molecule has 5 rings (SSSR count). The Balaban J connectivity index is 1.56. The Morgan fingerprint density at radius 3 is 2.74 bits per heavy atom. The first-order chi connectivity index (χ1) is 13.1. The summed E-state index contributed by atoms with van der Waals surface area (Å²) in [6.07, 6.45) is 0. The lowest BCUT2D eigenvalue weighted by Crippen LogP contribution is -2.34. The summed E-state index contributed by atoms with van der Waals surface area (Å²) in [7, 11) is 0. The third-order valence-electron chi connectivity index (χ3n) is 5.21. The van der Waals surface area contributed by atoms with Gasteiger partial charge in [-0.25, -0.2) is 4.98 Å². The second-order valence-corrected chi connectivity index (χ2v) is 8.22. The molecular weight excluding hydrogens is 376 g/mol. The normalized spacial score (nSPS) is 18.8. The van der Waals surface area contributed by atoms with Gasteiger partial charge in [0, 0.05) is 22.8 Å². The Bertz CT molecular complexity index is 1120. The molecule has 134 valence electrons. The van der Waals surface area contributed by atoms with Gasteiger partial charge in [-0.05, 0) is 41.5 Å². The van der Waals surface area contributed by atoms with E-state index >= 15 is 0 Å². The van der Waals surface area contributed by atoms with Crippen LogP contribution in [0.1, 0.15) is 16.7 Å². The highest BCUT2D eigenvalue weighted by atomic mass is 35.5. The van der Waals surface area contributed by atoms with Gasteiger partial charge in [-0.3, -0.25) is 0 Å². The van der Waals surface area contributed by atoms with E-state index in [1.807, 2.05) is 60.1 Å². The second kappa shape index (κ2) is 6.34. The largest absolute Gasteiger partial charge is 0.378 e. The van der Waals surface area contributed by atoms with Gasteiger partial charge in [0.2, 0.25) is 0 Å². The minimum absolute atomic E-state index is 0.513. The average molecular weight is 393 g/mol. The molecule has 0 radical (unpaired) electrons. The fraction of sp³-hybridized carbons (Fsp3) is 0.136. The minimum atomic E-state index is -1.04. The maximum Gasteiger partial charge on any atom is 0.134 e. The number of rotatable bonds is 3. The molecule has 1 aliphatic heterocycles. The van der Waals surface area contributed by atoms with Crippen molar-refractivity contribution in [2.24, 2.45) is 0 Å². The minimum Gasteiger partial charge on any atom is -0.378 e. The molecule has 0 saturated carbocycles. The first kappa shape index (κ1) is 16.8. The topological polar surface area (TPSA) is 36.4 Å². The van der Waals surface area contributed by atoms with Crippen molar-refractivity contribution >= 4 is 38.8 Å². The molecule has 0 spiro atoms. The predicted molar refractivity (Wildman–Crippen MR) is 112 cm³/mol. The molecule has 27 heavy (non-hydrogen) atoms. The summed E-state index contributed by atoms with van der Waals surface area (Å²) < 4.78 is 1.09. The highest BCUT2D eigenvalue weighted by Gasteiger charge is 2.42. The number of anilines is 1. The predicted octanol–water partition coefficient (Wildman–Crippen LogP) is 5.21. The molecule has 1 aliphatic rings. The number of hydrogen-bond donors (Lipinski definition) is 1. The van der Waals surface area contributed by atoms with E-state index < -0.39 is 5.60 Å². The Hall–Kier alpha value is -2.40. The van der Waals surface area contributed by atoms with E-state index in [4.69, 9.17) is 11.6 Å². The van der Waals surface area contributed by atoms with Gasteiger partial charge in [0.1, 0.15) is 5.60 Å². The van der Waals surface area contributed by atoms with Crippen LogP contribution < -0.4 is 4.90 Å². The van der Waals surface area contributed by atoms with E-state index in [2.05, 4.69) is 22.0 Å². The standard InChI is InChI=1S/C22H17ClN2OS/c23-17-8-5-15(6-9-17)12-25-13-22(26,18-3-1-2-4-20(18)25)16-7-10-19-21(11-16)27-14-24-19/h1-11,14,26H,12-13H2. The zero-order valence-electron chi connectivity index (χ0n) is 14.5. The Kier molecular flexibility index (Phi) is 3.93. The highest BCUT2D eigenvalue weighted by molar-refractivity contribution is 7.16. The lowest BCUT2D eigenvalue weighted by Gasteiger charge is -2.26. The lowest BCUT2D eigenvalue weighted by molar-refractivity contribution is 0.0980. The fourth-order valence-corrected chi connectivity index (χ4v) is 4.70. The van der Waals surface area contributed by atoms with Crippen LogP contribution in [0.3, 0.4) is 0 Å². The molecule has 5 heteroatoms. The van der Waals surface area contributed by atoms with Crippen LogP contribution in [0, 0.1) is 0 Å². The first-order valence-electron chi connectivity index (χ1n) is 8.78. The van der Waals surface area contributed by atoms with Gasteiger partial charge in [0.05, 0.1) is 22.3 Å². The van der Waals surface area contributed by atoms with E-state index in [9.17, 15) is 5.11 Å². The number of aromatic nitrogens is 1. The van der Waals surface area contributed by atoms with E-state index in [1.165, 1.54) is 0 Å². The van der Waals surface area contributed by atoms with Crippen molar-refractivity contribution in [1.29, 1.82) is 0 Å². The molecule has 0 saturated heterocycles. The molecule has 4 aromatic rings. The van der Waals surface area contributed by atoms with Gasteiger partial charge in [-0.15, -0.1) is 11.3 Å². The number of nitrogens with zero attached hydrogens (tertiary/aromatic N) is 2. The molecule has 1 atom stereocenters. The SMILES string of the molecule is OC1(c2ccc3ncsc3c2)CN(Cc2ccc(Cl)cc2)c2ccccc21. The monoisotopic (exact) mass is 392 g/mol. The van der Waals surface area contributed by atoms with E-state index in [0.29, 0.717) is 6.54 Å². The second-order valence-electron chi connectivity index (χ2n) is 6.89. The van der Waals surface area contributed by atoms with Gasteiger partial charge in [-0.1, -0.05) is 48.0 Å². The number of benzene rings is 3. The van der Waals surface area contributed by atoms with Crippen molar-refractivity contribution in [2.45, 2.75) is 12.1 Å². The van der Waals surface area contributed by atoms with Gasteiger partial charge in [0.25, 0.3) is 0 Å². The van der Waals surface area contributed by atoms with Crippen LogP contribution in [0.15, 0.2) is 72.2 Å². The Labute approximate surface area is 166 Å². The number of aliphatic hydroxyl groups is 1. The molecule has 3 nitrogen and oxygen atoms in total. The van der Waals surface area contributed by atoms with Gasteiger partial charge in [0.15, 0.2) is 0 Å². The molecule has 1 unspecified atom stereocenters. The summed E-state index contributed by atoms with van der Waals surface area (Å²) in [6, 6.07) is 22.0. The van der Waals surface area contributed by atoms with E-state index in [1.54, 1.807) is 11.3 Å². The molecule has 3 aromatic carbocycles. The van der Waals surface area contributed by atoms with Gasteiger partial charge in [-0.2, -0.15) is 0 Å². The quantitative estimate of drug-likeness (QED) is 0.520. The molecule has 0 fully saturated rings.